The van der Waals surface area contributed by atoms with Crippen molar-refractivity contribution in [3.8, 4) is 0 Å². The number of benzene rings is 1. The third-order valence-corrected chi connectivity index (χ3v) is 5.23. The van der Waals surface area contributed by atoms with Crippen LogP contribution in [0.15, 0.2) is 53.9 Å². The van der Waals surface area contributed by atoms with E-state index >= 15 is 0 Å². The number of pyridine rings is 1. The molecule has 3 heterocycles. The summed E-state index contributed by atoms with van der Waals surface area (Å²) >= 11 is 0. The van der Waals surface area contributed by atoms with E-state index in [2.05, 4.69) is 30.8 Å². The van der Waals surface area contributed by atoms with Crippen molar-refractivity contribution in [3.05, 3.63) is 71.4 Å². The highest BCUT2D eigenvalue weighted by atomic mass is 19.4. The van der Waals surface area contributed by atoms with Gasteiger partial charge in [-0.1, -0.05) is 6.07 Å². The zero-order valence-corrected chi connectivity index (χ0v) is 18.4. The highest BCUT2D eigenvalue weighted by Crippen LogP contribution is 2.30. The predicted molar refractivity (Wildman–Crippen MR) is 123 cm³/mol. The molecule has 1 aliphatic rings. The van der Waals surface area contributed by atoms with Crippen LogP contribution in [0.2, 0.25) is 0 Å². The number of hydrogen-bond acceptors (Lipinski definition) is 7. The summed E-state index contributed by atoms with van der Waals surface area (Å²) in [6, 6.07) is 7.18. The lowest BCUT2D eigenvalue weighted by Crippen LogP contribution is -2.31. The Morgan fingerprint density at radius 3 is 2.66 bits per heavy atom. The number of halogens is 4. The van der Waals surface area contributed by atoms with E-state index in [-0.39, 0.29) is 23.0 Å². The topological polar surface area (TPSA) is 95.4 Å². The second kappa shape index (κ2) is 10.5. The second-order valence-electron chi connectivity index (χ2n) is 7.78. The number of hydrogen-bond donors (Lipinski definition) is 2. The molecular weight excluding hydrogens is 466 g/mol. The van der Waals surface area contributed by atoms with Crippen molar-refractivity contribution in [2.24, 2.45) is 5.10 Å². The van der Waals surface area contributed by atoms with Gasteiger partial charge in [0.15, 0.2) is 11.6 Å². The van der Waals surface area contributed by atoms with Gasteiger partial charge in [-0.25, -0.2) is 14.8 Å². The lowest BCUT2D eigenvalue weighted by molar-refractivity contribution is -0.137. The van der Waals surface area contributed by atoms with Crippen molar-refractivity contribution in [1.29, 1.82) is 0 Å². The molecule has 8 nitrogen and oxygen atoms in total. The van der Waals surface area contributed by atoms with Gasteiger partial charge in [-0.2, -0.15) is 23.3 Å². The molecule has 0 aliphatic carbocycles. The number of piperidine rings is 1. The number of anilines is 3. The second-order valence-corrected chi connectivity index (χ2v) is 7.78. The first-order valence-corrected chi connectivity index (χ1v) is 10.8. The number of aromatic nitrogens is 3. The molecule has 182 valence electrons. The van der Waals surface area contributed by atoms with Gasteiger partial charge in [0, 0.05) is 30.5 Å². The molecule has 0 bridgehead atoms. The Morgan fingerprint density at radius 2 is 1.89 bits per heavy atom. The third kappa shape index (κ3) is 6.28. The van der Waals surface area contributed by atoms with E-state index in [4.69, 9.17) is 0 Å². The summed E-state index contributed by atoms with van der Waals surface area (Å²) in [5, 5.41) is 6.43. The quantitative estimate of drug-likeness (QED) is 0.297. The van der Waals surface area contributed by atoms with Crippen molar-refractivity contribution in [1.82, 2.24) is 15.0 Å². The van der Waals surface area contributed by atoms with Gasteiger partial charge in [-0.05, 0) is 49.6 Å². The summed E-state index contributed by atoms with van der Waals surface area (Å²) in [6.45, 7) is 1.44. The zero-order valence-electron chi connectivity index (χ0n) is 18.4. The van der Waals surface area contributed by atoms with E-state index in [1.165, 1.54) is 36.7 Å². The minimum atomic E-state index is -4.52. The smallest absolute Gasteiger partial charge is 0.354 e. The summed E-state index contributed by atoms with van der Waals surface area (Å²) in [7, 11) is 0. The van der Waals surface area contributed by atoms with Gasteiger partial charge in [0.25, 0.3) is 5.91 Å². The maximum Gasteiger partial charge on any atom is 0.416 e. The number of carbonyl (C=O) groups excluding carboxylic acids is 1. The van der Waals surface area contributed by atoms with E-state index in [0.29, 0.717) is 5.69 Å². The fraction of sp³-hybridized carbons (Fsp3) is 0.261. The molecule has 0 atom stereocenters. The molecule has 0 saturated carbocycles. The first kappa shape index (κ1) is 24.0. The number of amides is 1. The van der Waals surface area contributed by atoms with Crippen LogP contribution in [0.3, 0.4) is 0 Å². The third-order valence-electron chi connectivity index (χ3n) is 5.23. The summed E-state index contributed by atoms with van der Waals surface area (Å²) in [6.07, 6.45) is 2.27. The lowest BCUT2D eigenvalue weighted by Gasteiger charge is -2.27. The monoisotopic (exact) mass is 487 g/mol. The molecule has 1 saturated heterocycles. The van der Waals surface area contributed by atoms with Gasteiger partial charge in [-0.3, -0.25) is 9.78 Å². The average Bonchev–Trinajstić information content (AvgIpc) is 2.85. The standard InChI is InChI=1S/C23H21F4N7O/c24-19-14-29-22(32-20(19)34-9-2-1-3-10-34)33-30-13-18-11-15(7-8-28-18)21(35)31-17-6-4-5-16(12-17)23(25,26)27/h4-8,11-14H,1-3,9-10H2,(H,31,35)(H,29,32,33)/b30-13+. The van der Waals surface area contributed by atoms with Crippen LogP contribution in [0.5, 0.6) is 0 Å². The maximum atomic E-state index is 14.2. The van der Waals surface area contributed by atoms with Crippen molar-refractivity contribution < 1.29 is 22.4 Å². The van der Waals surface area contributed by atoms with E-state index in [1.54, 1.807) is 0 Å². The van der Waals surface area contributed by atoms with Gasteiger partial charge in [0.2, 0.25) is 5.95 Å². The molecule has 1 aromatic carbocycles. The van der Waals surface area contributed by atoms with Crippen LogP contribution >= 0.6 is 0 Å². The molecule has 2 aromatic heterocycles. The maximum absolute atomic E-state index is 14.2. The molecule has 0 unspecified atom stereocenters. The van der Waals surface area contributed by atoms with Crippen LogP contribution in [0.4, 0.5) is 35.0 Å². The largest absolute Gasteiger partial charge is 0.416 e. The lowest BCUT2D eigenvalue weighted by atomic mass is 10.1. The SMILES string of the molecule is O=C(Nc1cccc(C(F)(F)F)c1)c1ccnc(/C=N/Nc2ncc(F)c(N3CCCCC3)n2)c1. The van der Waals surface area contributed by atoms with E-state index in [9.17, 15) is 22.4 Å². The molecule has 2 N–H and O–H groups in total. The Bertz CT molecular complexity index is 1230. The Labute approximate surface area is 198 Å². The van der Waals surface area contributed by atoms with E-state index in [0.717, 1.165) is 50.7 Å². The fourth-order valence-corrected chi connectivity index (χ4v) is 3.53. The minimum absolute atomic E-state index is 0.0106. The normalized spacial score (nSPS) is 14.2. The molecule has 1 aliphatic heterocycles. The number of carbonyl (C=O) groups is 1. The molecular formula is C23H21F4N7O. The first-order chi connectivity index (χ1) is 16.8. The average molecular weight is 487 g/mol. The molecule has 1 fully saturated rings. The molecule has 0 spiro atoms. The molecule has 35 heavy (non-hydrogen) atoms. The molecule has 3 aromatic rings. The van der Waals surface area contributed by atoms with Gasteiger partial charge < -0.3 is 10.2 Å². The molecule has 1 amide bonds. The number of alkyl halides is 3. The van der Waals surface area contributed by atoms with Crippen molar-refractivity contribution in [2.75, 3.05) is 28.7 Å². The summed E-state index contributed by atoms with van der Waals surface area (Å²) in [4.78, 5) is 26.5. The predicted octanol–water partition coefficient (Wildman–Crippen LogP) is 4.72. The van der Waals surface area contributed by atoms with Gasteiger partial charge in [0.1, 0.15) is 0 Å². The Morgan fingerprint density at radius 1 is 1.09 bits per heavy atom. The fourth-order valence-electron chi connectivity index (χ4n) is 3.53. The molecule has 0 radical (unpaired) electrons. The van der Waals surface area contributed by atoms with Crippen LogP contribution in [-0.2, 0) is 6.18 Å². The summed E-state index contributed by atoms with van der Waals surface area (Å²) < 4.78 is 52.8. The van der Waals surface area contributed by atoms with Crippen LogP contribution in [0, 0.1) is 5.82 Å². The number of rotatable bonds is 6. The van der Waals surface area contributed by atoms with Crippen molar-refractivity contribution in [3.63, 3.8) is 0 Å². The van der Waals surface area contributed by atoms with Crippen molar-refractivity contribution >= 4 is 29.6 Å². The summed E-state index contributed by atoms with van der Waals surface area (Å²) in [5.41, 5.74) is 2.23. The van der Waals surface area contributed by atoms with E-state index in [1.807, 2.05) is 4.90 Å². The van der Waals surface area contributed by atoms with Gasteiger partial charge in [-0.15, -0.1) is 0 Å². The highest BCUT2D eigenvalue weighted by Gasteiger charge is 2.30. The van der Waals surface area contributed by atoms with Gasteiger partial charge >= 0.3 is 6.18 Å². The Hall–Kier alpha value is -4.09. The Kier molecular flexibility index (Phi) is 7.18. The minimum Gasteiger partial charge on any atom is -0.354 e. The van der Waals surface area contributed by atoms with Gasteiger partial charge in [0.05, 0.1) is 23.7 Å². The van der Waals surface area contributed by atoms with Crippen LogP contribution in [0.1, 0.15) is 40.9 Å². The number of hydrazone groups is 1. The highest BCUT2D eigenvalue weighted by molar-refractivity contribution is 6.04. The van der Waals surface area contributed by atoms with E-state index < -0.39 is 23.5 Å². The number of nitrogens with one attached hydrogen (secondary N) is 2. The summed E-state index contributed by atoms with van der Waals surface area (Å²) in [5.74, 6) is -0.810. The number of nitrogens with zero attached hydrogens (tertiary/aromatic N) is 5. The molecule has 4 rings (SSSR count). The Balaban J connectivity index is 1.41. The zero-order chi connectivity index (χ0) is 24.8. The van der Waals surface area contributed by atoms with Crippen molar-refractivity contribution in [2.45, 2.75) is 25.4 Å². The van der Waals surface area contributed by atoms with Crippen LogP contribution in [0.25, 0.3) is 0 Å². The first-order valence-electron chi connectivity index (χ1n) is 10.8. The molecule has 12 heteroatoms. The van der Waals surface area contributed by atoms with Crippen LogP contribution in [-0.4, -0.2) is 40.2 Å². The van der Waals surface area contributed by atoms with Crippen LogP contribution < -0.4 is 15.6 Å².